The maximum absolute atomic E-state index is 14.0. The fraction of sp³-hybridized carbons (Fsp3) is 0.739. The Labute approximate surface area is 438 Å². The molecule has 29 heteroatoms. The molecule has 29 nitrogen and oxygen atoms in total. The van der Waals surface area contributed by atoms with Gasteiger partial charge in [-0.3, -0.25) is 57.9 Å². The number of carbonyl (C=O) groups excluding carboxylic acids is 9. The smallest absolute Gasteiger partial charge is 0.303 e. The number of nitrogens with zero attached hydrogens (tertiary/aromatic N) is 2. The molecule has 0 aliphatic carbocycles. The quantitative estimate of drug-likeness (QED) is 0.0155. The number of carbonyl (C=O) groups is 10. The van der Waals surface area contributed by atoms with Crippen LogP contribution in [0.4, 0.5) is 0 Å². The van der Waals surface area contributed by atoms with Crippen molar-refractivity contribution in [1.29, 1.82) is 0 Å². The monoisotopic (exact) mass is 1070 g/mol. The van der Waals surface area contributed by atoms with E-state index in [1.807, 2.05) is 0 Å². The molecule has 0 heterocycles. The van der Waals surface area contributed by atoms with Crippen LogP contribution in [0.1, 0.15) is 131 Å². The molecule has 0 aromatic heterocycles. The Morgan fingerprint density at radius 2 is 0.827 bits per heavy atom. The van der Waals surface area contributed by atoms with E-state index in [1.165, 1.54) is 6.92 Å². The molecule has 25 N–H and O–H groups in total. The van der Waals surface area contributed by atoms with Crippen LogP contribution in [0, 0.1) is 5.92 Å². The summed E-state index contributed by atoms with van der Waals surface area (Å²) in [6.07, 6.45) is 2.45. The molecular formula is C46H88N18O11. The third kappa shape index (κ3) is 28.4. The van der Waals surface area contributed by atoms with Crippen molar-refractivity contribution in [2.75, 3.05) is 26.2 Å². The highest BCUT2D eigenvalue weighted by atomic mass is 16.4. The second kappa shape index (κ2) is 37.8. The third-order valence-corrected chi connectivity index (χ3v) is 12.0. The van der Waals surface area contributed by atoms with Crippen molar-refractivity contribution in [2.24, 2.45) is 61.8 Å². The van der Waals surface area contributed by atoms with Crippen LogP contribution < -0.4 is 88.4 Å². The van der Waals surface area contributed by atoms with Gasteiger partial charge in [0.1, 0.15) is 48.3 Å². The first-order valence-electron chi connectivity index (χ1n) is 25.6. The molecule has 10 atom stereocenters. The maximum atomic E-state index is 14.0. The van der Waals surface area contributed by atoms with Crippen LogP contribution >= 0.6 is 0 Å². The lowest BCUT2D eigenvalue weighted by Crippen LogP contribution is -2.60. The van der Waals surface area contributed by atoms with Gasteiger partial charge >= 0.3 is 5.97 Å². The fourth-order valence-corrected chi connectivity index (χ4v) is 7.19. The van der Waals surface area contributed by atoms with Gasteiger partial charge in [0, 0.05) is 19.5 Å². The number of carboxylic acid groups (broad SMARTS) is 1. The highest BCUT2D eigenvalue weighted by Crippen LogP contribution is 2.12. The maximum Gasteiger partial charge on any atom is 0.303 e. The Balaban J connectivity index is 6.19. The molecule has 0 saturated carbocycles. The van der Waals surface area contributed by atoms with E-state index in [-0.39, 0.29) is 83.0 Å². The lowest BCUT2D eigenvalue weighted by molar-refractivity contribution is -0.138. The van der Waals surface area contributed by atoms with E-state index < -0.39 is 126 Å². The van der Waals surface area contributed by atoms with Gasteiger partial charge in [-0.15, -0.1) is 0 Å². The van der Waals surface area contributed by atoms with Crippen LogP contribution in [0.15, 0.2) is 9.98 Å². The first-order chi connectivity index (χ1) is 35.4. The van der Waals surface area contributed by atoms with Crippen LogP contribution in [0.3, 0.4) is 0 Å². The van der Waals surface area contributed by atoms with Crippen molar-refractivity contribution >= 4 is 71.1 Å². The van der Waals surface area contributed by atoms with E-state index >= 15 is 0 Å². The largest absolute Gasteiger partial charge is 0.481 e. The molecule has 0 rings (SSSR count). The summed E-state index contributed by atoms with van der Waals surface area (Å²) in [5, 5.41) is 30.1. The lowest BCUT2D eigenvalue weighted by Gasteiger charge is -2.29. The molecule has 428 valence electrons. The third-order valence-electron chi connectivity index (χ3n) is 12.0. The van der Waals surface area contributed by atoms with E-state index in [0.717, 1.165) is 0 Å². The Morgan fingerprint density at radius 1 is 0.440 bits per heavy atom. The molecule has 0 aliphatic rings. The van der Waals surface area contributed by atoms with E-state index in [0.29, 0.717) is 44.9 Å². The first kappa shape index (κ1) is 68.1. The number of guanidine groups is 2. The van der Waals surface area contributed by atoms with Crippen LogP contribution in [0.2, 0.25) is 0 Å². The molecule has 0 unspecified atom stereocenters. The van der Waals surface area contributed by atoms with Gasteiger partial charge in [-0.2, -0.15) is 0 Å². The van der Waals surface area contributed by atoms with Crippen molar-refractivity contribution in [3.05, 3.63) is 0 Å². The van der Waals surface area contributed by atoms with Gasteiger partial charge in [0.15, 0.2) is 11.9 Å². The molecule has 0 radical (unpaired) electrons. The van der Waals surface area contributed by atoms with Crippen LogP contribution in [0.25, 0.3) is 0 Å². The number of hydrogen-bond donors (Lipinski definition) is 17. The summed E-state index contributed by atoms with van der Waals surface area (Å²) < 4.78 is 0. The van der Waals surface area contributed by atoms with Crippen LogP contribution in [-0.2, 0) is 47.9 Å². The SMILES string of the molecule is CC[C@H](NC(=O)[C@H](CCCCN)NC(=O)[C@H](CCCCN)NC(=O)[C@H](C)NC(=O)[C@H](CC)NC(=O)[C@@H](NC(=O)[C@H](CCC(=O)O)NC(=O)[C@@H](N)CCCN=C(N)N)[C@@H](C)CC)C(=O)N[C@@H](CCCN=C(N)N)C(N)=O. The summed E-state index contributed by atoms with van der Waals surface area (Å²) in [5.74, 6) is -9.02. The zero-order chi connectivity index (χ0) is 57.2. The summed E-state index contributed by atoms with van der Waals surface area (Å²) in [7, 11) is 0. The predicted octanol–water partition coefficient (Wildman–Crippen LogP) is -5.21. The summed E-state index contributed by atoms with van der Waals surface area (Å²) in [5.41, 5.74) is 44.3. The van der Waals surface area contributed by atoms with Crippen molar-refractivity contribution in [3.63, 3.8) is 0 Å². The molecule has 0 saturated heterocycles. The minimum Gasteiger partial charge on any atom is -0.481 e. The zero-order valence-corrected chi connectivity index (χ0v) is 44.3. The topological polar surface area (TPSA) is 520 Å². The summed E-state index contributed by atoms with van der Waals surface area (Å²) in [6, 6.07) is -11.0. The van der Waals surface area contributed by atoms with Crippen molar-refractivity contribution in [2.45, 2.75) is 185 Å². The van der Waals surface area contributed by atoms with Gasteiger partial charge in [0.2, 0.25) is 53.2 Å². The number of nitrogens with one attached hydrogen (secondary N) is 8. The minimum absolute atomic E-state index is 0.0240. The van der Waals surface area contributed by atoms with E-state index in [4.69, 9.17) is 45.9 Å². The predicted molar refractivity (Wildman–Crippen MR) is 281 cm³/mol. The van der Waals surface area contributed by atoms with Crippen LogP contribution in [0.5, 0.6) is 0 Å². The number of nitrogens with two attached hydrogens (primary N) is 8. The number of rotatable bonds is 40. The van der Waals surface area contributed by atoms with E-state index in [2.05, 4.69) is 52.5 Å². The molecule has 0 aliphatic heterocycles. The number of hydrogen-bond acceptors (Lipinski definition) is 15. The van der Waals surface area contributed by atoms with Gasteiger partial charge in [0.05, 0.1) is 6.04 Å². The average molecular weight is 1070 g/mol. The number of primary amides is 1. The zero-order valence-electron chi connectivity index (χ0n) is 44.3. The summed E-state index contributed by atoms with van der Waals surface area (Å²) in [6.45, 7) is 8.93. The molecule has 9 amide bonds. The Kier molecular flexibility index (Phi) is 34.3. The van der Waals surface area contributed by atoms with Crippen LogP contribution in [-0.4, -0.2) is 157 Å². The molecule has 0 aromatic rings. The molecule has 0 fully saturated rings. The van der Waals surface area contributed by atoms with E-state index in [1.54, 1.807) is 27.7 Å². The first-order valence-corrected chi connectivity index (χ1v) is 25.6. The lowest BCUT2D eigenvalue weighted by atomic mass is 9.97. The Bertz CT molecular complexity index is 1920. The number of aliphatic carboxylic acids is 1. The summed E-state index contributed by atoms with van der Waals surface area (Å²) in [4.78, 5) is 140. The summed E-state index contributed by atoms with van der Waals surface area (Å²) >= 11 is 0. The highest BCUT2D eigenvalue weighted by Gasteiger charge is 2.35. The standard InChI is InChI=1S/C46H88N18O11/c1-6-25(4)35(64-43(74)33(19-20-34(65)66)62-38(69)27(49)15-13-23-55-45(51)52)44(75)59-28(7-2)39(70)57-26(5)37(68)61-31(16-9-11-21-47)42(73)63-32(17-10-12-22-48)41(72)58-29(8-3)40(71)60-30(36(50)67)18-14-24-56-46(53)54/h25-33,35H,6-24,47-49H2,1-5H3,(H2,50,67)(H,57,70)(H,58,72)(H,59,75)(H,60,71)(H,61,68)(H,62,69)(H,63,73)(H,64,74)(H,65,66)(H4,51,52,55)(H4,53,54,56)/t25-,26-,27-,28-,29-,30-,31-,32-,33-,35-/m0/s1. The van der Waals surface area contributed by atoms with Crippen molar-refractivity contribution in [1.82, 2.24) is 42.5 Å². The molecule has 0 spiro atoms. The molecule has 0 aromatic carbocycles. The second-order valence-electron chi connectivity index (χ2n) is 18.2. The normalized spacial score (nSPS) is 14.9. The minimum atomic E-state index is -1.40. The van der Waals surface area contributed by atoms with Gasteiger partial charge < -0.3 is 93.5 Å². The average Bonchev–Trinajstić information content (AvgIpc) is 3.35. The van der Waals surface area contributed by atoms with Gasteiger partial charge in [0.25, 0.3) is 0 Å². The molecule has 75 heavy (non-hydrogen) atoms. The van der Waals surface area contributed by atoms with E-state index in [9.17, 15) is 53.1 Å². The number of amides is 9. The highest BCUT2D eigenvalue weighted by molar-refractivity contribution is 5.98. The van der Waals surface area contributed by atoms with Gasteiger partial charge in [-0.25, -0.2) is 0 Å². The molecule has 0 bridgehead atoms. The second-order valence-corrected chi connectivity index (χ2v) is 18.2. The number of carboxylic acids is 1. The number of unbranched alkanes of at least 4 members (excludes halogenated alkanes) is 2. The van der Waals surface area contributed by atoms with Gasteiger partial charge in [-0.05, 0) is 109 Å². The fourth-order valence-electron chi connectivity index (χ4n) is 7.19. The van der Waals surface area contributed by atoms with Crippen molar-refractivity contribution in [3.8, 4) is 0 Å². The Hall–Kier alpha value is -6.88. The van der Waals surface area contributed by atoms with Gasteiger partial charge in [-0.1, -0.05) is 34.1 Å². The Morgan fingerprint density at radius 3 is 1.28 bits per heavy atom. The van der Waals surface area contributed by atoms with Crippen molar-refractivity contribution < 1.29 is 53.1 Å². The molecular weight excluding hydrogens is 981 g/mol. The number of aliphatic imine (C=N–C) groups is 2.